The van der Waals surface area contributed by atoms with Gasteiger partial charge in [0.2, 0.25) is 0 Å². The summed E-state index contributed by atoms with van der Waals surface area (Å²) in [6, 6.07) is 8.83. The molecule has 0 N–H and O–H groups in total. The van der Waals surface area contributed by atoms with E-state index >= 15 is 0 Å². The van der Waals surface area contributed by atoms with Crippen LogP contribution in [0.15, 0.2) is 69.9 Å². The van der Waals surface area contributed by atoms with E-state index in [-0.39, 0.29) is 0 Å². The SMILES string of the molecule is CC.CC1=CC(Cl)=C(C2=CC=C(N3CCc4ccccc4C3)C2)CC1. The van der Waals surface area contributed by atoms with Crippen molar-refractivity contribution in [3.05, 3.63) is 81.1 Å². The van der Waals surface area contributed by atoms with Gasteiger partial charge < -0.3 is 4.90 Å². The van der Waals surface area contributed by atoms with Crippen LogP contribution in [0.3, 0.4) is 0 Å². The maximum atomic E-state index is 6.48. The molecule has 0 spiro atoms. The fourth-order valence-corrected chi connectivity index (χ4v) is 4.21. The molecule has 132 valence electrons. The summed E-state index contributed by atoms with van der Waals surface area (Å²) in [5.41, 5.74) is 8.57. The van der Waals surface area contributed by atoms with Gasteiger partial charge in [-0.05, 0) is 60.6 Å². The molecule has 1 heterocycles. The van der Waals surface area contributed by atoms with Crippen LogP contribution in [0.25, 0.3) is 0 Å². The average molecular weight is 354 g/mol. The first-order valence-electron chi connectivity index (χ1n) is 9.48. The van der Waals surface area contributed by atoms with Crippen molar-refractivity contribution in [1.82, 2.24) is 4.90 Å². The number of nitrogens with zero attached hydrogens (tertiary/aromatic N) is 1. The van der Waals surface area contributed by atoms with Gasteiger partial charge in [-0.1, -0.05) is 61.4 Å². The Balaban J connectivity index is 0.000000880. The predicted molar refractivity (Wildman–Crippen MR) is 109 cm³/mol. The van der Waals surface area contributed by atoms with Gasteiger partial charge in [-0.25, -0.2) is 0 Å². The molecule has 3 aliphatic rings. The molecule has 0 saturated carbocycles. The number of hydrogen-bond donors (Lipinski definition) is 0. The van der Waals surface area contributed by atoms with Gasteiger partial charge >= 0.3 is 0 Å². The van der Waals surface area contributed by atoms with E-state index in [1.54, 1.807) is 0 Å². The largest absolute Gasteiger partial charge is 0.370 e. The third-order valence-electron chi connectivity index (χ3n) is 5.20. The van der Waals surface area contributed by atoms with Crippen LogP contribution in [0, 0.1) is 0 Å². The predicted octanol–water partition coefficient (Wildman–Crippen LogP) is 6.52. The Morgan fingerprint density at radius 3 is 2.48 bits per heavy atom. The van der Waals surface area contributed by atoms with E-state index in [4.69, 9.17) is 11.6 Å². The fraction of sp³-hybridized carbons (Fsp3) is 0.391. The minimum Gasteiger partial charge on any atom is -0.370 e. The quantitative estimate of drug-likeness (QED) is 0.585. The highest BCUT2D eigenvalue weighted by Gasteiger charge is 2.23. The van der Waals surface area contributed by atoms with Crippen molar-refractivity contribution in [3.8, 4) is 0 Å². The Morgan fingerprint density at radius 1 is 0.960 bits per heavy atom. The molecule has 0 radical (unpaired) electrons. The second-order valence-corrected chi connectivity index (χ2v) is 7.19. The van der Waals surface area contributed by atoms with Crippen molar-refractivity contribution in [2.45, 2.75) is 53.0 Å². The Bertz CT molecular complexity index is 764. The smallest absolute Gasteiger partial charge is 0.0440 e. The molecule has 0 saturated heterocycles. The van der Waals surface area contributed by atoms with Gasteiger partial charge in [0.15, 0.2) is 0 Å². The summed E-state index contributed by atoms with van der Waals surface area (Å²) < 4.78 is 0. The lowest BCUT2D eigenvalue weighted by Crippen LogP contribution is -2.29. The van der Waals surface area contributed by atoms with Crippen molar-refractivity contribution in [2.75, 3.05) is 6.54 Å². The summed E-state index contributed by atoms with van der Waals surface area (Å²) in [4.78, 5) is 2.53. The third-order valence-corrected chi connectivity index (χ3v) is 5.54. The molecular formula is C23H28ClN. The van der Waals surface area contributed by atoms with E-state index in [9.17, 15) is 0 Å². The zero-order valence-electron chi connectivity index (χ0n) is 15.6. The van der Waals surface area contributed by atoms with Gasteiger partial charge in [-0.3, -0.25) is 0 Å². The van der Waals surface area contributed by atoms with Crippen molar-refractivity contribution < 1.29 is 0 Å². The van der Waals surface area contributed by atoms with E-state index in [0.717, 1.165) is 43.8 Å². The topological polar surface area (TPSA) is 3.24 Å². The lowest BCUT2D eigenvalue weighted by molar-refractivity contribution is 0.317. The summed E-state index contributed by atoms with van der Waals surface area (Å²) in [6.07, 6.45) is 11.1. The first-order chi connectivity index (χ1) is 12.2. The summed E-state index contributed by atoms with van der Waals surface area (Å²) >= 11 is 6.48. The second-order valence-electron chi connectivity index (χ2n) is 6.78. The van der Waals surface area contributed by atoms with E-state index in [2.05, 4.69) is 54.3 Å². The Hall–Kier alpha value is -1.73. The average Bonchev–Trinajstić information content (AvgIpc) is 3.13. The zero-order chi connectivity index (χ0) is 17.8. The number of allylic oxidation sites excluding steroid dienone is 7. The molecule has 0 aromatic heterocycles. The van der Waals surface area contributed by atoms with Crippen LogP contribution in [0.4, 0.5) is 0 Å². The minimum absolute atomic E-state index is 0.943. The summed E-state index contributed by atoms with van der Waals surface area (Å²) in [6.45, 7) is 8.32. The number of halogens is 1. The molecule has 0 atom stereocenters. The Kier molecular flexibility index (Phi) is 5.86. The van der Waals surface area contributed by atoms with Gasteiger partial charge in [-0.15, -0.1) is 0 Å². The van der Waals surface area contributed by atoms with Crippen LogP contribution in [0.2, 0.25) is 0 Å². The van der Waals surface area contributed by atoms with Gasteiger partial charge in [0.25, 0.3) is 0 Å². The standard InChI is InChI=1S/C21H22ClN.C2H6/c1-15-6-9-20(21(22)12-15)17-7-8-19(13-17)23-11-10-16-4-2-3-5-18(16)14-23;1-2/h2-5,7-8,12H,6,9-11,13-14H2,1H3;1-2H3. The van der Waals surface area contributed by atoms with Gasteiger partial charge in [0, 0.05) is 30.2 Å². The Morgan fingerprint density at radius 2 is 1.72 bits per heavy atom. The lowest BCUT2D eigenvalue weighted by atomic mass is 9.92. The summed E-state index contributed by atoms with van der Waals surface area (Å²) in [5.74, 6) is 0. The van der Waals surface area contributed by atoms with E-state index < -0.39 is 0 Å². The number of rotatable bonds is 2. The van der Waals surface area contributed by atoms with Gasteiger partial charge in [0.05, 0.1) is 0 Å². The molecule has 4 rings (SSSR count). The van der Waals surface area contributed by atoms with Crippen LogP contribution >= 0.6 is 11.6 Å². The van der Waals surface area contributed by atoms with Crippen LogP contribution < -0.4 is 0 Å². The van der Waals surface area contributed by atoms with Crippen molar-refractivity contribution in [2.24, 2.45) is 0 Å². The van der Waals surface area contributed by atoms with Crippen LogP contribution in [-0.2, 0) is 13.0 Å². The van der Waals surface area contributed by atoms with Gasteiger partial charge in [0.1, 0.15) is 0 Å². The first kappa shape index (κ1) is 18.1. The molecule has 1 nitrogen and oxygen atoms in total. The molecule has 2 heteroatoms. The van der Waals surface area contributed by atoms with E-state index in [0.29, 0.717) is 0 Å². The molecule has 0 amide bonds. The highest BCUT2D eigenvalue weighted by molar-refractivity contribution is 6.32. The third kappa shape index (κ3) is 3.93. The zero-order valence-corrected chi connectivity index (χ0v) is 16.4. The minimum atomic E-state index is 0.943. The Labute approximate surface area is 157 Å². The molecule has 0 unspecified atom stereocenters. The van der Waals surface area contributed by atoms with E-state index in [1.807, 2.05) is 13.8 Å². The molecular weight excluding hydrogens is 326 g/mol. The normalized spacial score (nSPS) is 19.5. The monoisotopic (exact) mass is 353 g/mol. The molecule has 0 bridgehead atoms. The molecule has 1 aromatic rings. The number of fused-ring (bicyclic) bond motifs is 1. The van der Waals surface area contributed by atoms with Crippen LogP contribution in [0.5, 0.6) is 0 Å². The second kappa shape index (κ2) is 8.10. The van der Waals surface area contributed by atoms with E-state index in [1.165, 1.54) is 33.5 Å². The van der Waals surface area contributed by atoms with Crippen LogP contribution in [-0.4, -0.2) is 11.4 Å². The molecule has 2 aliphatic carbocycles. The maximum absolute atomic E-state index is 6.48. The van der Waals surface area contributed by atoms with Crippen molar-refractivity contribution in [3.63, 3.8) is 0 Å². The fourth-order valence-electron chi connectivity index (χ4n) is 3.81. The lowest BCUT2D eigenvalue weighted by Gasteiger charge is -2.32. The highest BCUT2D eigenvalue weighted by Crippen LogP contribution is 2.37. The molecule has 0 fully saturated rings. The molecule has 1 aliphatic heterocycles. The maximum Gasteiger partial charge on any atom is 0.0440 e. The number of benzene rings is 1. The van der Waals surface area contributed by atoms with Crippen molar-refractivity contribution in [1.29, 1.82) is 0 Å². The number of hydrogen-bond acceptors (Lipinski definition) is 1. The van der Waals surface area contributed by atoms with Gasteiger partial charge in [-0.2, -0.15) is 0 Å². The summed E-state index contributed by atoms with van der Waals surface area (Å²) in [5, 5.41) is 0.943. The summed E-state index contributed by atoms with van der Waals surface area (Å²) in [7, 11) is 0. The molecule has 25 heavy (non-hydrogen) atoms. The highest BCUT2D eigenvalue weighted by atomic mass is 35.5. The van der Waals surface area contributed by atoms with Crippen LogP contribution in [0.1, 0.15) is 51.2 Å². The molecule has 1 aromatic carbocycles. The first-order valence-corrected chi connectivity index (χ1v) is 9.86. The van der Waals surface area contributed by atoms with Crippen molar-refractivity contribution >= 4 is 11.6 Å².